The van der Waals surface area contributed by atoms with Crippen molar-refractivity contribution in [3.8, 4) is 62.5 Å². The maximum absolute atomic E-state index is 6.72. The molecule has 4 heterocycles. The molecule has 0 atom stereocenters. The summed E-state index contributed by atoms with van der Waals surface area (Å²) in [5.41, 5.74) is 9.81. The fourth-order valence-corrected chi connectivity index (χ4v) is 7.66. The van der Waals surface area contributed by atoms with Crippen LogP contribution in [0.25, 0.3) is 106 Å². The van der Waals surface area contributed by atoms with E-state index >= 15 is 0 Å². The molecule has 0 N–H and O–H groups in total. The molecule has 0 spiro atoms. The second-order valence-electron chi connectivity index (χ2n) is 13.7. The van der Waals surface area contributed by atoms with Gasteiger partial charge in [-0.2, -0.15) is 4.98 Å². The van der Waals surface area contributed by atoms with Crippen molar-refractivity contribution < 1.29 is 4.42 Å². The van der Waals surface area contributed by atoms with Gasteiger partial charge in [-0.3, -0.25) is 0 Å². The van der Waals surface area contributed by atoms with Crippen molar-refractivity contribution in [1.82, 2.24) is 29.5 Å². The average Bonchev–Trinajstić information content (AvgIpc) is 3.81. The molecule has 0 bridgehead atoms. The van der Waals surface area contributed by atoms with Gasteiger partial charge in [0.15, 0.2) is 23.3 Å². The predicted molar refractivity (Wildman–Crippen MR) is 224 cm³/mol. The highest BCUT2D eigenvalue weighted by Crippen LogP contribution is 2.41. The molecule has 0 fully saturated rings. The minimum Gasteiger partial charge on any atom is -0.437 e. The quantitative estimate of drug-likeness (QED) is 0.170. The molecule has 0 radical (unpaired) electrons. The van der Waals surface area contributed by atoms with Gasteiger partial charge in [-0.15, -0.1) is 0 Å². The molecule has 7 aromatic carbocycles. The van der Waals surface area contributed by atoms with Gasteiger partial charge >= 0.3 is 0 Å². The van der Waals surface area contributed by atoms with E-state index in [2.05, 4.69) is 77.4 Å². The van der Waals surface area contributed by atoms with E-state index in [0.717, 1.165) is 72.0 Å². The highest BCUT2D eigenvalue weighted by molar-refractivity contribution is 6.19. The lowest BCUT2D eigenvalue weighted by atomic mass is 10.0. The number of benzene rings is 7. The molecule has 4 aromatic heterocycles. The number of aromatic nitrogens is 6. The topological polar surface area (TPSA) is 82.5 Å². The molecule has 262 valence electrons. The van der Waals surface area contributed by atoms with Crippen LogP contribution in [-0.4, -0.2) is 29.5 Å². The number of hydrogen-bond donors (Lipinski definition) is 0. The van der Waals surface area contributed by atoms with Gasteiger partial charge in [0.05, 0.1) is 22.1 Å². The minimum atomic E-state index is 0.523. The Kier molecular flexibility index (Phi) is 7.35. The number of para-hydroxylation sites is 2. The van der Waals surface area contributed by atoms with E-state index in [1.165, 1.54) is 5.39 Å². The van der Waals surface area contributed by atoms with Crippen molar-refractivity contribution in [3.63, 3.8) is 0 Å². The number of rotatable bonds is 6. The molecule has 0 saturated heterocycles. The second kappa shape index (κ2) is 13.0. The normalized spacial score (nSPS) is 11.6. The summed E-state index contributed by atoms with van der Waals surface area (Å²) in [5.74, 6) is 2.31. The van der Waals surface area contributed by atoms with Gasteiger partial charge in [0.25, 0.3) is 0 Å². The summed E-state index contributed by atoms with van der Waals surface area (Å²) in [6.45, 7) is 0. The van der Waals surface area contributed by atoms with Gasteiger partial charge in [0.2, 0.25) is 5.71 Å². The first-order valence-corrected chi connectivity index (χ1v) is 18.5. The van der Waals surface area contributed by atoms with Crippen LogP contribution >= 0.6 is 0 Å². The zero-order valence-corrected chi connectivity index (χ0v) is 29.9. The Morgan fingerprint density at radius 2 is 0.875 bits per heavy atom. The van der Waals surface area contributed by atoms with Gasteiger partial charge < -0.3 is 8.98 Å². The lowest BCUT2D eigenvalue weighted by molar-refractivity contribution is 0.654. The van der Waals surface area contributed by atoms with Crippen LogP contribution in [0.4, 0.5) is 0 Å². The summed E-state index contributed by atoms with van der Waals surface area (Å²) in [6, 6.07) is 61.7. The van der Waals surface area contributed by atoms with Crippen LogP contribution in [-0.2, 0) is 0 Å². The number of nitrogens with zero attached hydrogens (tertiary/aromatic N) is 6. The fraction of sp³-hybridized carbons (Fsp3) is 0. The van der Waals surface area contributed by atoms with E-state index in [1.807, 2.05) is 109 Å². The molecule has 0 aliphatic rings. The minimum absolute atomic E-state index is 0.523. The largest absolute Gasteiger partial charge is 0.437 e. The van der Waals surface area contributed by atoms with Crippen LogP contribution in [0.15, 0.2) is 186 Å². The van der Waals surface area contributed by atoms with Crippen LogP contribution in [0.1, 0.15) is 0 Å². The molecular formula is C49H30N6O. The standard InChI is InChI=1S/C49H30N6O/c1-5-16-31(17-6-1)44-43-39-29-38-37-26-13-14-27-40(37)55(36-24-11-4-12-25-36)41(38)30-42(39)56-49(43)54-47(50-44)34-22-15-23-35(28-34)48-52-45(32-18-7-2-8-19-32)51-46(53-48)33-20-9-3-10-21-33/h1-30H. The van der Waals surface area contributed by atoms with Crippen LogP contribution < -0.4 is 0 Å². The molecule has 7 nitrogen and oxygen atoms in total. The van der Waals surface area contributed by atoms with Gasteiger partial charge in [-0.05, 0) is 30.3 Å². The SMILES string of the molecule is c1ccc(-c2nc(-c3ccccc3)nc(-c3cccc(-c4nc(-c5ccccc5)c5c(n4)oc4cc6c(cc45)c4ccccc4n6-c4ccccc4)c3)n2)cc1. The van der Waals surface area contributed by atoms with E-state index in [0.29, 0.717) is 29.0 Å². The Bertz CT molecular complexity index is 3170. The molecule has 56 heavy (non-hydrogen) atoms. The van der Waals surface area contributed by atoms with Gasteiger partial charge in [0, 0.05) is 55.7 Å². The maximum Gasteiger partial charge on any atom is 0.231 e. The highest BCUT2D eigenvalue weighted by atomic mass is 16.3. The molecule has 0 aliphatic heterocycles. The molecule has 11 rings (SSSR count). The first-order chi connectivity index (χ1) is 27.7. The second-order valence-corrected chi connectivity index (χ2v) is 13.7. The first-order valence-electron chi connectivity index (χ1n) is 18.5. The molecular weight excluding hydrogens is 689 g/mol. The van der Waals surface area contributed by atoms with Crippen LogP contribution in [0.3, 0.4) is 0 Å². The van der Waals surface area contributed by atoms with Crippen molar-refractivity contribution in [2.45, 2.75) is 0 Å². The third-order valence-electron chi connectivity index (χ3n) is 10.3. The van der Waals surface area contributed by atoms with Gasteiger partial charge in [0.1, 0.15) is 5.58 Å². The Morgan fingerprint density at radius 3 is 1.52 bits per heavy atom. The summed E-state index contributed by atoms with van der Waals surface area (Å²) >= 11 is 0. The maximum atomic E-state index is 6.72. The third-order valence-corrected chi connectivity index (χ3v) is 10.3. The Hall–Kier alpha value is -7.77. The molecule has 0 unspecified atom stereocenters. The Balaban J connectivity index is 1.11. The van der Waals surface area contributed by atoms with Crippen molar-refractivity contribution in [1.29, 1.82) is 0 Å². The summed E-state index contributed by atoms with van der Waals surface area (Å²) in [4.78, 5) is 25.2. The Morgan fingerprint density at radius 1 is 0.357 bits per heavy atom. The van der Waals surface area contributed by atoms with Gasteiger partial charge in [-0.1, -0.05) is 146 Å². The smallest absolute Gasteiger partial charge is 0.231 e. The lowest BCUT2D eigenvalue weighted by Crippen LogP contribution is -2.00. The molecule has 7 heteroatoms. The molecule has 0 amide bonds. The Labute approximate surface area is 321 Å². The molecule has 0 aliphatic carbocycles. The molecule has 11 aromatic rings. The van der Waals surface area contributed by atoms with Crippen LogP contribution in [0.2, 0.25) is 0 Å². The summed E-state index contributed by atoms with van der Waals surface area (Å²) in [5, 5.41) is 4.15. The summed E-state index contributed by atoms with van der Waals surface area (Å²) in [6.07, 6.45) is 0. The number of hydrogen-bond acceptors (Lipinski definition) is 6. The van der Waals surface area contributed by atoms with E-state index < -0.39 is 0 Å². The van der Waals surface area contributed by atoms with Crippen LogP contribution in [0, 0.1) is 0 Å². The van der Waals surface area contributed by atoms with Crippen molar-refractivity contribution in [2.75, 3.05) is 0 Å². The van der Waals surface area contributed by atoms with E-state index in [1.54, 1.807) is 0 Å². The number of fused-ring (bicyclic) bond motifs is 6. The van der Waals surface area contributed by atoms with E-state index in [-0.39, 0.29) is 0 Å². The highest BCUT2D eigenvalue weighted by Gasteiger charge is 2.22. The fourth-order valence-electron chi connectivity index (χ4n) is 7.66. The average molecular weight is 719 g/mol. The zero-order valence-electron chi connectivity index (χ0n) is 29.9. The molecule has 0 saturated carbocycles. The third kappa shape index (κ3) is 5.33. The van der Waals surface area contributed by atoms with Gasteiger partial charge in [-0.25, -0.2) is 19.9 Å². The van der Waals surface area contributed by atoms with E-state index in [4.69, 9.17) is 29.3 Å². The van der Waals surface area contributed by atoms with Crippen molar-refractivity contribution in [3.05, 3.63) is 182 Å². The van der Waals surface area contributed by atoms with E-state index in [9.17, 15) is 0 Å². The van der Waals surface area contributed by atoms with Crippen molar-refractivity contribution in [2.24, 2.45) is 0 Å². The monoisotopic (exact) mass is 718 g/mol. The van der Waals surface area contributed by atoms with Crippen molar-refractivity contribution >= 4 is 43.9 Å². The summed E-state index contributed by atoms with van der Waals surface area (Å²) < 4.78 is 9.02. The summed E-state index contributed by atoms with van der Waals surface area (Å²) in [7, 11) is 0. The first kappa shape index (κ1) is 31.7. The van der Waals surface area contributed by atoms with Crippen LogP contribution in [0.5, 0.6) is 0 Å². The zero-order chi connectivity index (χ0) is 37.0. The lowest BCUT2D eigenvalue weighted by Gasteiger charge is -2.10. The number of furan rings is 1. The predicted octanol–water partition coefficient (Wildman–Crippen LogP) is 12.0.